The maximum absolute atomic E-state index is 14.4. The van der Waals surface area contributed by atoms with Crippen molar-refractivity contribution in [2.45, 2.75) is 12.7 Å². The van der Waals surface area contributed by atoms with Crippen LogP contribution >= 0.6 is 12.4 Å². The van der Waals surface area contributed by atoms with E-state index in [0.29, 0.717) is 31.7 Å². The van der Waals surface area contributed by atoms with Crippen LogP contribution in [0, 0.1) is 18.2 Å². The molecule has 0 radical (unpaired) electrons. The maximum Gasteiger partial charge on any atom is 0.433 e. The van der Waals surface area contributed by atoms with Gasteiger partial charge in [-0.05, 0) is 35.9 Å². The predicted molar refractivity (Wildman–Crippen MR) is 135 cm³/mol. The van der Waals surface area contributed by atoms with E-state index in [1.165, 1.54) is 18.2 Å². The number of sulfonamides is 1. The van der Waals surface area contributed by atoms with Crippen LogP contribution in [-0.2, 0) is 27.5 Å². The van der Waals surface area contributed by atoms with E-state index in [4.69, 9.17) is 6.42 Å². The number of aromatic nitrogens is 1. The van der Waals surface area contributed by atoms with Crippen molar-refractivity contribution in [2.75, 3.05) is 42.1 Å². The van der Waals surface area contributed by atoms with Crippen molar-refractivity contribution in [1.29, 1.82) is 0 Å². The molecule has 1 aliphatic heterocycles. The molecule has 8 nitrogen and oxygen atoms in total. The number of terminal acetylenes is 1. The highest BCUT2D eigenvalue weighted by Crippen LogP contribution is 2.31. The molecule has 1 saturated heterocycles. The molecular weight excluding hydrogens is 538 g/mol. The van der Waals surface area contributed by atoms with Gasteiger partial charge in [-0.1, -0.05) is 5.92 Å². The standard InChI is InChI=1S/C23H23F4N5O3S.ClH/c1-3-16-12-15(13-18(24)21(16)31-36(2,34)35)14-29-20(33)7-5-17-4-6-19(23(25,26)27)30-22(17)32-10-8-28-9-11-32;/h1,4-7,12-13,28,31H,8-11,14H2,2H3,(H,29,33);1H/b7-5+;. The number of amides is 1. The minimum absolute atomic E-state index is 0. The third kappa shape index (κ3) is 8.34. The topological polar surface area (TPSA) is 103 Å². The van der Waals surface area contributed by atoms with E-state index in [2.05, 4.69) is 21.5 Å². The third-order valence-electron chi connectivity index (χ3n) is 5.09. The second-order valence-corrected chi connectivity index (χ2v) is 9.66. The summed E-state index contributed by atoms with van der Waals surface area (Å²) in [6.07, 6.45) is 4.09. The van der Waals surface area contributed by atoms with E-state index >= 15 is 0 Å². The molecule has 0 atom stereocenters. The van der Waals surface area contributed by atoms with Crippen LogP contribution in [0.2, 0.25) is 0 Å². The van der Waals surface area contributed by atoms with Crippen LogP contribution in [-0.4, -0.2) is 51.7 Å². The fourth-order valence-corrected chi connectivity index (χ4v) is 4.04. The number of carbonyl (C=O) groups excluding carboxylic acids is 1. The molecule has 3 N–H and O–H groups in total. The molecular formula is C23H24ClF4N5O3S. The molecule has 1 aromatic heterocycles. The lowest BCUT2D eigenvalue weighted by molar-refractivity contribution is -0.141. The Morgan fingerprint density at radius 3 is 2.54 bits per heavy atom. The molecule has 0 saturated carbocycles. The van der Waals surface area contributed by atoms with Crippen molar-refractivity contribution in [3.8, 4) is 12.3 Å². The Kier molecular flexibility index (Phi) is 9.91. The molecule has 0 unspecified atom stereocenters. The van der Waals surface area contributed by atoms with Gasteiger partial charge in [0.1, 0.15) is 17.3 Å². The summed E-state index contributed by atoms with van der Waals surface area (Å²) in [5, 5.41) is 5.64. The van der Waals surface area contributed by atoms with Crippen molar-refractivity contribution < 1.29 is 30.8 Å². The summed E-state index contributed by atoms with van der Waals surface area (Å²) in [6.45, 7) is 1.93. The zero-order valence-electron chi connectivity index (χ0n) is 19.5. The summed E-state index contributed by atoms with van der Waals surface area (Å²) in [5.74, 6) is 0.807. The van der Waals surface area contributed by atoms with Gasteiger partial charge in [0, 0.05) is 44.4 Å². The first kappa shape index (κ1) is 29.9. The Bertz CT molecular complexity index is 1320. The summed E-state index contributed by atoms with van der Waals surface area (Å²) in [4.78, 5) is 17.8. The highest BCUT2D eigenvalue weighted by atomic mass is 35.5. The van der Waals surface area contributed by atoms with Crippen LogP contribution in [0.3, 0.4) is 0 Å². The number of benzene rings is 1. The molecule has 1 aromatic carbocycles. The smallest absolute Gasteiger partial charge is 0.354 e. The Hall–Kier alpha value is -3.34. The van der Waals surface area contributed by atoms with Crippen LogP contribution in [0.15, 0.2) is 30.3 Å². The zero-order valence-corrected chi connectivity index (χ0v) is 21.2. The number of alkyl halides is 3. The number of nitrogens with zero attached hydrogens (tertiary/aromatic N) is 2. The van der Waals surface area contributed by atoms with Crippen molar-refractivity contribution in [3.05, 3.63) is 58.5 Å². The van der Waals surface area contributed by atoms with Gasteiger partial charge >= 0.3 is 6.18 Å². The zero-order chi connectivity index (χ0) is 26.5. The number of pyridine rings is 1. The second kappa shape index (κ2) is 12.3. The van der Waals surface area contributed by atoms with Crippen molar-refractivity contribution in [2.24, 2.45) is 0 Å². The van der Waals surface area contributed by atoms with E-state index in [0.717, 1.165) is 24.5 Å². The Morgan fingerprint density at radius 1 is 1.27 bits per heavy atom. The molecule has 37 heavy (non-hydrogen) atoms. The van der Waals surface area contributed by atoms with Crippen molar-refractivity contribution in [3.63, 3.8) is 0 Å². The van der Waals surface area contributed by atoms with Crippen LogP contribution in [0.1, 0.15) is 22.4 Å². The normalized spacial score (nSPS) is 14.1. The van der Waals surface area contributed by atoms with Crippen molar-refractivity contribution in [1.82, 2.24) is 15.6 Å². The first-order valence-electron chi connectivity index (χ1n) is 10.6. The largest absolute Gasteiger partial charge is 0.433 e. The molecule has 1 fully saturated rings. The number of hydrogen-bond acceptors (Lipinski definition) is 6. The van der Waals surface area contributed by atoms with Gasteiger partial charge in [-0.3, -0.25) is 9.52 Å². The number of carbonyl (C=O) groups is 1. The summed E-state index contributed by atoms with van der Waals surface area (Å²) >= 11 is 0. The molecule has 1 amide bonds. The lowest BCUT2D eigenvalue weighted by atomic mass is 10.1. The lowest BCUT2D eigenvalue weighted by Gasteiger charge is -2.30. The second-order valence-electron chi connectivity index (χ2n) is 7.91. The van der Waals surface area contributed by atoms with E-state index < -0.39 is 33.6 Å². The monoisotopic (exact) mass is 561 g/mol. The molecule has 0 spiro atoms. The first-order valence-corrected chi connectivity index (χ1v) is 12.5. The minimum atomic E-state index is -4.61. The predicted octanol–water partition coefficient (Wildman–Crippen LogP) is 2.75. The van der Waals surface area contributed by atoms with Gasteiger partial charge < -0.3 is 15.5 Å². The molecule has 0 bridgehead atoms. The molecule has 2 heterocycles. The SMILES string of the molecule is C#Cc1cc(CNC(=O)/C=C/c2ccc(C(F)(F)F)nc2N2CCNCC2)cc(F)c1NS(C)(=O)=O.Cl. The lowest BCUT2D eigenvalue weighted by Crippen LogP contribution is -2.44. The summed E-state index contributed by atoms with van der Waals surface area (Å²) in [5.41, 5.74) is -0.837. The Morgan fingerprint density at radius 2 is 1.95 bits per heavy atom. The number of halogens is 5. The highest BCUT2D eigenvalue weighted by molar-refractivity contribution is 7.92. The Balaban J connectivity index is 0.00000481. The summed E-state index contributed by atoms with van der Waals surface area (Å²) in [7, 11) is -3.77. The minimum Gasteiger partial charge on any atom is -0.354 e. The van der Waals surface area contributed by atoms with Gasteiger partial charge in [0.15, 0.2) is 0 Å². The van der Waals surface area contributed by atoms with E-state index in [9.17, 15) is 30.8 Å². The Labute approximate surface area is 218 Å². The quantitative estimate of drug-likeness (QED) is 0.273. The number of hydrogen-bond donors (Lipinski definition) is 3. The number of nitrogens with one attached hydrogen (secondary N) is 3. The average molecular weight is 562 g/mol. The maximum atomic E-state index is 14.4. The number of rotatable bonds is 7. The number of anilines is 2. The van der Waals surface area contributed by atoms with Crippen LogP contribution in [0.5, 0.6) is 0 Å². The first-order chi connectivity index (χ1) is 16.9. The van der Waals surface area contributed by atoms with Gasteiger partial charge in [-0.15, -0.1) is 18.8 Å². The van der Waals surface area contributed by atoms with Gasteiger partial charge in [-0.25, -0.2) is 17.8 Å². The van der Waals surface area contributed by atoms with Gasteiger partial charge in [0.2, 0.25) is 15.9 Å². The fourth-order valence-electron chi connectivity index (χ4n) is 3.46. The molecule has 2 aromatic rings. The molecule has 3 rings (SSSR count). The summed E-state index contributed by atoms with van der Waals surface area (Å²) in [6, 6.07) is 4.47. The average Bonchev–Trinajstić information content (AvgIpc) is 2.82. The fraction of sp³-hybridized carbons (Fsp3) is 0.304. The molecule has 200 valence electrons. The van der Waals surface area contributed by atoms with E-state index in [-0.39, 0.29) is 41.6 Å². The van der Waals surface area contributed by atoms with Gasteiger partial charge in [-0.2, -0.15) is 13.2 Å². The molecule has 0 aliphatic carbocycles. The van der Waals surface area contributed by atoms with Crippen LogP contribution in [0.25, 0.3) is 6.08 Å². The number of piperazine rings is 1. The summed E-state index contributed by atoms with van der Waals surface area (Å²) < 4.78 is 78.8. The van der Waals surface area contributed by atoms with E-state index in [1.807, 2.05) is 4.72 Å². The third-order valence-corrected chi connectivity index (χ3v) is 5.66. The molecule has 1 aliphatic rings. The van der Waals surface area contributed by atoms with Crippen LogP contribution < -0.4 is 20.3 Å². The highest BCUT2D eigenvalue weighted by Gasteiger charge is 2.33. The van der Waals surface area contributed by atoms with Gasteiger partial charge in [0.25, 0.3) is 0 Å². The van der Waals surface area contributed by atoms with Crippen LogP contribution in [0.4, 0.5) is 29.1 Å². The molecule has 14 heteroatoms. The van der Waals surface area contributed by atoms with E-state index in [1.54, 1.807) is 4.90 Å². The van der Waals surface area contributed by atoms with Crippen molar-refractivity contribution >= 4 is 45.9 Å². The van der Waals surface area contributed by atoms with Gasteiger partial charge in [0.05, 0.1) is 17.5 Å².